The summed E-state index contributed by atoms with van der Waals surface area (Å²) in [6.45, 7) is 4.98. The highest BCUT2D eigenvalue weighted by atomic mass is 35.5. The highest BCUT2D eigenvalue weighted by Gasteiger charge is 2.26. The van der Waals surface area contributed by atoms with Crippen LogP contribution in [-0.4, -0.2) is 63.4 Å². The van der Waals surface area contributed by atoms with E-state index in [4.69, 9.17) is 11.6 Å². The van der Waals surface area contributed by atoms with E-state index in [1.54, 1.807) is 10.9 Å². The Morgan fingerprint density at radius 3 is 2.96 bits per heavy atom. The summed E-state index contributed by atoms with van der Waals surface area (Å²) in [6, 6.07) is 7.93. The number of halogens is 1. The van der Waals surface area contributed by atoms with Gasteiger partial charge in [-0.25, -0.2) is 4.68 Å². The molecule has 2 heterocycles. The number of carbonyl (C=O) groups is 1. The Labute approximate surface area is 140 Å². The van der Waals surface area contributed by atoms with E-state index in [1.807, 2.05) is 29.2 Å². The maximum atomic E-state index is 12.5. The van der Waals surface area contributed by atoms with Gasteiger partial charge < -0.3 is 9.80 Å². The second-order valence-corrected chi connectivity index (χ2v) is 6.45. The van der Waals surface area contributed by atoms with Gasteiger partial charge in [-0.2, -0.15) is 0 Å². The molecule has 0 radical (unpaired) electrons. The molecule has 0 bridgehead atoms. The molecular formula is C16H20ClN5O. The van der Waals surface area contributed by atoms with Crippen molar-refractivity contribution in [1.29, 1.82) is 0 Å². The van der Waals surface area contributed by atoms with Gasteiger partial charge in [-0.05, 0) is 31.7 Å². The van der Waals surface area contributed by atoms with E-state index in [0.717, 1.165) is 25.2 Å². The first-order valence-electron chi connectivity index (χ1n) is 7.67. The van der Waals surface area contributed by atoms with Crippen LogP contribution in [-0.2, 0) is 6.54 Å². The topological polar surface area (TPSA) is 54.3 Å². The van der Waals surface area contributed by atoms with Crippen LogP contribution in [0.4, 0.5) is 0 Å². The van der Waals surface area contributed by atoms with Crippen LogP contribution in [0.3, 0.4) is 0 Å². The van der Waals surface area contributed by atoms with Crippen LogP contribution in [0.15, 0.2) is 30.5 Å². The van der Waals surface area contributed by atoms with E-state index in [9.17, 15) is 4.79 Å². The zero-order valence-electron chi connectivity index (χ0n) is 13.3. The number of aromatic nitrogens is 3. The maximum Gasteiger partial charge on any atom is 0.276 e. The minimum Gasteiger partial charge on any atom is -0.334 e. The number of rotatable bonds is 3. The quantitative estimate of drug-likeness (QED) is 0.859. The minimum atomic E-state index is -0.0534. The summed E-state index contributed by atoms with van der Waals surface area (Å²) in [4.78, 5) is 16.6. The van der Waals surface area contributed by atoms with Crippen LogP contribution >= 0.6 is 11.6 Å². The summed E-state index contributed by atoms with van der Waals surface area (Å²) < 4.78 is 1.67. The van der Waals surface area contributed by atoms with Crippen LogP contribution in [0, 0.1) is 0 Å². The highest BCUT2D eigenvalue weighted by molar-refractivity contribution is 6.30. The van der Waals surface area contributed by atoms with E-state index in [2.05, 4.69) is 29.2 Å². The fourth-order valence-corrected chi connectivity index (χ4v) is 2.90. The molecule has 1 aromatic carbocycles. The lowest BCUT2D eigenvalue weighted by Gasteiger charge is -2.37. The average Bonchev–Trinajstić information content (AvgIpc) is 2.98. The minimum absolute atomic E-state index is 0.0534. The number of hydrogen-bond donors (Lipinski definition) is 0. The Bertz CT molecular complexity index is 701. The Kier molecular flexibility index (Phi) is 4.63. The average molecular weight is 334 g/mol. The third-order valence-corrected chi connectivity index (χ3v) is 4.47. The van der Waals surface area contributed by atoms with Gasteiger partial charge in [0.15, 0.2) is 5.69 Å². The summed E-state index contributed by atoms with van der Waals surface area (Å²) in [5.41, 5.74) is 1.42. The van der Waals surface area contributed by atoms with Gasteiger partial charge in [0.25, 0.3) is 5.91 Å². The first-order chi connectivity index (χ1) is 11.0. The maximum absolute atomic E-state index is 12.5. The summed E-state index contributed by atoms with van der Waals surface area (Å²) in [6.07, 6.45) is 1.70. The predicted octanol–water partition coefficient (Wildman–Crippen LogP) is 1.76. The van der Waals surface area contributed by atoms with Crippen molar-refractivity contribution < 1.29 is 4.79 Å². The molecule has 1 atom stereocenters. The molecule has 1 aromatic heterocycles. The molecule has 6 nitrogen and oxygen atoms in total. The molecule has 122 valence electrons. The third-order valence-electron chi connectivity index (χ3n) is 4.24. The molecule has 0 saturated carbocycles. The second-order valence-electron chi connectivity index (χ2n) is 6.01. The first-order valence-corrected chi connectivity index (χ1v) is 8.05. The third kappa shape index (κ3) is 3.71. The van der Waals surface area contributed by atoms with Crippen LogP contribution in [0.2, 0.25) is 5.02 Å². The number of carbonyl (C=O) groups excluding carboxylic acids is 1. The van der Waals surface area contributed by atoms with E-state index >= 15 is 0 Å². The number of hydrogen-bond acceptors (Lipinski definition) is 4. The van der Waals surface area contributed by atoms with Gasteiger partial charge in [0.1, 0.15) is 0 Å². The van der Waals surface area contributed by atoms with Gasteiger partial charge in [0.2, 0.25) is 0 Å². The standard InChI is InChI=1S/C16H20ClN5O/c1-12-9-21(7-6-20(12)2)16(23)15-11-22(19-18-15)10-13-4-3-5-14(17)8-13/h3-5,8,11-12H,6-7,9-10H2,1-2H3. The first kappa shape index (κ1) is 16.0. The normalized spacial score (nSPS) is 19.1. The molecule has 0 aliphatic carbocycles. The van der Waals surface area contributed by atoms with Crippen molar-refractivity contribution in [2.45, 2.75) is 19.5 Å². The summed E-state index contributed by atoms with van der Waals surface area (Å²) >= 11 is 5.98. The SMILES string of the molecule is CC1CN(C(=O)c2cn(Cc3cccc(Cl)c3)nn2)CCN1C. The fourth-order valence-electron chi connectivity index (χ4n) is 2.69. The summed E-state index contributed by atoms with van der Waals surface area (Å²) in [5, 5.41) is 8.77. The Balaban J connectivity index is 1.68. The molecule has 23 heavy (non-hydrogen) atoms. The largest absolute Gasteiger partial charge is 0.334 e. The van der Waals surface area contributed by atoms with Crippen LogP contribution in [0.1, 0.15) is 23.0 Å². The molecular weight excluding hydrogens is 314 g/mol. The van der Waals surface area contributed by atoms with Crippen molar-refractivity contribution in [3.63, 3.8) is 0 Å². The van der Waals surface area contributed by atoms with E-state index in [-0.39, 0.29) is 5.91 Å². The molecule has 7 heteroatoms. The summed E-state index contributed by atoms with van der Waals surface area (Å²) in [5.74, 6) is -0.0534. The smallest absolute Gasteiger partial charge is 0.276 e. The van der Waals surface area contributed by atoms with Gasteiger partial charge in [0, 0.05) is 30.7 Å². The van der Waals surface area contributed by atoms with Gasteiger partial charge >= 0.3 is 0 Å². The van der Waals surface area contributed by atoms with Crippen LogP contribution in [0.5, 0.6) is 0 Å². The molecule has 2 aromatic rings. The fraction of sp³-hybridized carbons (Fsp3) is 0.438. The molecule has 0 N–H and O–H groups in total. The molecule has 1 aliphatic rings. The van der Waals surface area contributed by atoms with Gasteiger partial charge in [-0.1, -0.05) is 28.9 Å². The summed E-state index contributed by atoms with van der Waals surface area (Å²) in [7, 11) is 2.08. The van der Waals surface area contributed by atoms with Crippen molar-refractivity contribution in [2.75, 3.05) is 26.7 Å². The monoisotopic (exact) mass is 333 g/mol. The Morgan fingerprint density at radius 2 is 2.22 bits per heavy atom. The van der Waals surface area contributed by atoms with Crippen molar-refractivity contribution in [2.24, 2.45) is 0 Å². The van der Waals surface area contributed by atoms with Gasteiger partial charge in [-0.15, -0.1) is 5.10 Å². The van der Waals surface area contributed by atoms with Crippen molar-refractivity contribution in [1.82, 2.24) is 24.8 Å². The lowest BCUT2D eigenvalue weighted by atomic mass is 10.2. The Morgan fingerprint density at radius 1 is 1.39 bits per heavy atom. The number of piperazine rings is 1. The molecule has 1 amide bonds. The van der Waals surface area contributed by atoms with E-state index in [1.165, 1.54) is 0 Å². The molecule has 1 saturated heterocycles. The predicted molar refractivity (Wildman–Crippen MR) is 88.6 cm³/mol. The molecule has 1 aliphatic heterocycles. The lowest BCUT2D eigenvalue weighted by molar-refractivity contribution is 0.0566. The van der Waals surface area contributed by atoms with Crippen LogP contribution < -0.4 is 0 Å². The van der Waals surface area contributed by atoms with Crippen molar-refractivity contribution >= 4 is 17.5 Å². The molecule has 1 unspecified atom stereocenters. The van der Waals surface area contributed by atoms with E-state index < -0.39 is 0 Å². The molecule has 0 spiro atoms. The molecule has 3 rings (SSSR count). The Hall–Kier alpha value is -1.92. The highest BCUT2D eigenvalue weighted by Crippen LogP contribution is 2.13. The van der Waals surface area contributed by atoms with Gasteiger partial charge in [-0.3, -0.25) is 4.79 Å². The molecule has 1 fully saturated rings. The van der Waals surface area contributed by atoms with Crippen molar-refractivity contribution in [3.8, 4) is 0 Å². The van der Waals surface area contributed by atoms with Crippen LogP contribution in [0.25, 0.3) is 0 Å². The number of benzene rings is 1. The number of likely N-dealkylation sites (N-methyl/N-ethyl adjacent to an activating group) is 1. The van der Waals surface area contributed by atoms with E-state index in [0.29, 0.717) is 23.3 Å². The van der Waals surface area contributed by atoms with Crippen molar-refractivity contribution in [3.05, 3.63) is 46.7 Å². The number of nitrogens with zero attached hydrogens (tertiary/aromatic N) is 5. The zero-order chi connectivity index (χ0) is 16.4. The zero-order valence-corrected chi connectivity index (χ0v) is 14.1. The van der Waals surface area contributed by atoms with Gasteiger partial charge in [0.05, 0.1) is 12.7 Å². The number of amides is 1. The second kappa shape index (κ2) is 6.68. The lowest BCUT2D eigenvalue weighted by Crippen LogP contribution is -2.52.